The van der Waals surface area contributed by atoms with Gasteiger partial charge in [0, 0.05) is 11.8 Å². The van der Waals surface area contributed by atoms with Gasteiger partial charge >= 0.3 is 0 Å². The fourth-order valence-corrected chi connectivity index (χ4v) is 2.29. The van der Waals surface area contributed by atoms with Gasteiger partial charge in [-0.1, -0.05) is 12.1 Å². The molecule has 23 heavy (non-hydrogen) atoms. The Morgan fingerprint density at radius 3 is 2.78 bits per heavy atom. The Kier molecular flexibility index (Phi) is 4.23. The number of fused-ring (bicyclic) bond motifs is 1. The topological polar surface area (TPSA) is 68.8 Å². The molecule has 1 amide bonds. The summed E-state index contributed by atoms with van der Waals surface area (Å²) in [6.45, 7) is 1.99. The molecule has 3 rings (SSSR count). The lowest BCUT2D eigenvalue weighted by molar-refractivity contribution is -0.116. The van der Waals surface area contributed by atoms with Crippen molar-refractivity contribution in [2.45, 2.75) is 13.0 Å². The van der Waals surface area contributed by atoms with E-state index in [0.29, 0.717) is 22.9 Å². The summed E-state index contributed by atoms with van der Waals surface area (Å²) in [4.78, 5) is 12.3. The molecule has 1 aliphatic heterocycles. The molecule has 0 saturated carbocycles. The van der Waals surface area contributed by atoms with Crippen molar-refractivity contribution in [1.29, 1.82) is 0 Å². The summed E-state index contributed by atoms with van der Waals surface area (Å²) in [5.74, 6) is 1.85. The van der Waals surface area contributed by atoms with Crippen LogP contribution in [0.4, 0.5) is 11.4 Å². The van der Waals surface area contributed by atoms with E-state index >= 15 is 0 Å². The average molecular weight is 314 g/mol. The van der Waals surface area contributed by atoms with Gasteiger partial charge in [-0.25, -0.2) is 0 Å². The molecule has 1 aliphatic rings. The molecule has 2 N–H and O–H groups in total. The molecule has 2 aromatic rings. The summed E-state index contributed by atoms with van der Waals surface area (Å²) in [5.41, 5.74) is 1.43. The first-order valence-electron chi connectivity index (χ1n) is 7.27. The molecule has 0 aromatic heterocycles. The van der Waals surface area contributed by atoms with E-state index in [0.717, 1.165) is 5.69 Å². The van der Waals surface area contributed by atoms with Crippen molar-refractivity contribution in [3.05, 3.63) is 42.5 Å². The van der Waals surface area contributed by atoms with E-state index in [1.807, 2.05) is 24.3 Å². The van der Waals surface area contributed by atoms with Crippen LogP contribution in [0.5, 0.6) is 17.2 Å². The van der Waals surface area contributed by atoms with Gasteiger partial charge in [0.25, 0.3) is 0 Å². The average Bonchev–Trinajstić information content (AvgIpc) is 3.03. The number of hydrogen-bond donors (Lipinski definition) is 2. The first kappa shape index (κ1) is 15.0. The Bertz CT molecular complexity index is 717. The second-order valence-corrected chi connectivity index (χ2v) is 5.12. The molecule has 0 bridgehead atoms. The third-order valence-corrected chi connectivity index (χ3v) is 3.51. The van der Waals surface area contributed by atoms with Crippen molar-refractivity contribution < 1.29 is 19.0 Å². The first-order valence-corrected chi connectivity index (χ1v) is 7.27. The monoisotopic (exact) mass is 314 g/mol. The highest BCUT2D eigenvalue weighted by Gasteiger charge is 2.17. The molecule has 120 valence electrons. The van der Waals surface area contributed by atoms with Crippen LogP contribution in [0.2, 0.25) is 0 Å². The predicted octanol–water partition coefficient (Wildman–Crippen LogP) is 2.86. The SMILES string of the molecule is COc1ccccc1N[C@H](C)C(=O)Nc1ccc2c(c1)OCO2. The highest BCUT2D eigenvalue weighted by atomic mass is 16.7. The minimum absolute atomic E-state index is 0.158. The fraction of sp³-hybridized carbons (Fsp3) is 0.235. The van der Waals surface area contributed by atoms with Crippen LogP contribution in [0.3, 0.4) is 0 Å². The number of ether oxygens (including phenoxy) is 3. The standard InChI is InChI=1S/C17H18N2O4/c1-11(18-13-5-3-4-6-14(13)21-2)17(20)19-12-7-8-15-16(9-12)23-10-22-15/h3-9,11,18H,10H2,1-2H3,(H,19,20)/t11-/m1/s1. The number of methoxy groups -OCH3 is 1. The molecule has 0 spiro atoms. The molecule has 0 unspecified atom stereocenters. The molecule has 0 saturated heterocycles. The number of carbonyl (C=O) groups is 1. The molecule has 0 radical (unpaired) electrons. The summed E-state index contributed by atoms with van der Waals surface area (Å²) in [6, 6.07) is 12.3. The van der Waals surface area contributed by atoms with Crippen LogP contribution >= 0.6 is 0 Å². The van der Waals surface area contributed by atoms with Crippen LogP contribution < -0.4 is 24.8 Å². The fourth-order valence-electron chi connectivity index (χ4n) is 2.29. The number of benzene rings is 2. The van der Waals surface area contributed by atoms with Crippen LogP contribution in [0.1, 0.15) is 6.92 Å². The summed E-state index contributed by atoms with van der Waals surface area (Å²) in [7, 11) is 1.60. The van der Waals surface area contributed by atoms with Gasteiger partial charge in [-0.05, 0) is 31.2 Å². The van der Waals surface area contributed by atoms with E-state index in [4.69, 9.17) is 14.2 Å². The maximum atomic E-state index is 12.3. The molecule has 2 aromatic carbocycles. The molecular formula is C17H18N2O4. The van der Waals surface area contributed by atoms with Crippen LogP contribution in [0, 0.1) is 0 Å². The second kappa shape index (κ2) is 6.48. The van der Waals surface area contributed by atoms with Gasteiger partial charge in [0.1, 0.15) is 11.8 Å². The lowest BCUT2D eigenvalue weighted by Crippen LogP contribution is -2.32. The van der Waals surface area contributed by atoms with Crippen LogP contribution in [-0.4, -0.2) is 25.9 Å². The van der Waals surface area contributed by atoms with Crippen molar-refractivity contribution in [1.82, 2.24) is 0 Å². The maximum absolute atomic E-state index is 12.3. The van der Waals surface area contributed by atoms with Crippen LogP contribution in [0.25, 0.3) is 0 Å². The number of anilines is 2. The summed E-state index contributed by atoms with van der Waals surface area (Å²) < 4.78 is 15.8. The Morgan fingerprint density at radius 2 is 1.96 bits per heavy atom. The van der Waals surface area contributed by atoms with Gasteiger partial charge in [0.2, 0.25) is 12.7 Å². The van der Waals surface area contributed by atoms with Crippen molar-refractivity contribution in [3.8, 4) is 17.2 Å². The lowest BCUT2D eigenvalue weighted by Gasteiger charge is -2.17. The van der Waals surface area contributed by atoms with Crippen LogP contribution in [0.15, 0.2) is 42.5 Å². The minimum Gasteiger partial charge on any atom is -0.495 e. The Labute approximate surface area is 134 Å². The molecule has 0 aliphatic carbocycles. The molecule has 1 atom stereocenters. The normalized spacial score (nSPS) is 13.3. The van der Waals surface area contributed by atoms with Crippen LogP contribution in [-0.2, 0) is 4.79 Å². The Balaban J connectivity index is 1.66. The third-order valence-electron chi connectivity index (χ3n) is 3.51. The van der Waals surface area contributed by atoms with Crippen molar-refractivity contribution in [3.63, 3.8) is 0 Å². The maximum Gasteiger partial charge on any atom is 0.246 e. The third kappa shape index (κ3) is 3.31. The van der Waals surface area contributed by atoms with E-state index in [9.17, 15) is 4.79 Å². The van der Waals surface area contributed by atoms with Gasteiger partial charge in [0.15, 0.2) is 11.5 Å². The number of amides is 1. The second-order valence-electron chi connectivity index (χ2n) is 5.12. The van der Waals surface area contributed by atoms with E-state index in [1.54, 1.807) is 32.2 Å². The molecule has 0 fully saturated rings. The molecule has 1 heterocycles. The Morgan fingerprint density at radius 1 is 1.17 bits per heavy atom. The number of hydrogen-bond acceptors (Lipinski definition) is 5. The molecule has 6 heteroatoms. The minimum atomic E-state index is -0.434. The zero-order chi connectivity index (χ0) is 16.2. The van der Waals surface area contributed by atoms with Gasteiger partial charge in [-0.15, -0.1) is 0 Å². The smallest absolute Gasteiger partial charge is 0.246 e. The largest absolute Gasteiger partial charge is 0.495 e. The number of carbonyl (C=O) groups excluding carboxylic acids is 1. The van der Waals surface area contributed by atoms with E-state index in [2.05, 4.69) is 10.6 Å². The quantitative estimate of drug-likeness (QED) is 0.888. The van der Waals surface area contributed by atoms with Crippen molar-refractivity contribution in [2.75, 3.05) is 24.5 Å². The predicted molar refractivity (Wildman–Crippen MR) is 87.3 cm³/mol. The van der Waals surface area contributed by atoms with E-state index < -0.39 is 6.04 Å². The van der Waals surface area contributed by atoms with E-state index in [1.165, 1.54) is 0 Å². The zero-order valence-corrected chi connectivity index (χ0v) is 13.0. The summed E-state index contributed by atoms with van der Waals surface area (Å²) >= 11 is 0. The van der Waals surface area contributed by atoms with Gasteiger partial charge in [0.05, 0.1) is 12.8 Å². The van der Waals surface area contributed by atoms with Crippen molar-refractivity contribution >= 4 is 17.3 Å². The molecular weight excluding hydrogens is 296 g/mol. The lowest BCUT2D eigenvalue weighted by atomic mass is 10.2. The van der Waals surface area contributed by atoms with Gasteiger partial charge < -0.3 is 24.8 Å². The summed E-state index contributed by atoms with van der Waals surface area (Å²) in [6.07, 6.45) is 0. The number of nitrogens with one attached hydrogen (secondary N) is 2. The molecule has 6 nitrogen and oxygen atoms in total. The van der Waals surface area contributed by atoms with Gasteiger partial charge in [-0.3, -0.25) is 4.79 Å². The summed E-state index contributed by atoms with van der Waals surface area (Å²) in [5, 5.41) is 5.99. The highest BCUT2D eigenvalue weighted by Crippen LogP contribution is 2.34. The first-order chi connectivity index (χ1) is 11.2. The van der Waals surface area contributed by atoms with Gasteiger partial charge in [-0.2, -0.15) is 0 Å². The number of rotatable bonds is 5. The number of para-hydroxylation sites is 2. The van der Waals surface area contributed by atoms with Crippen molar-refractivity contribution in [2.24, 2.45) is 0 Å². The van der Waals surface area contributed by atoms with E-state index in [-0.39, 0.29) is 12.7 Å². The highest BCUT2D eigenvalue weighted by molar-refractivity contribution is 5.96. The zero-order valence-electron chi connectivity index (χ0n) is 13.0. The Hall–Kier alpha value is -2.89.